The highest BCUT2D eigenvalue weighted by Crippen LogP contribution is 2.34. The van der Waals surface area contributed by atoms with Crippen molar-refractivity contribution in [2.45, 2.75) is 117 Å². The molecule has 0 unspecified atom stereocenters. The van der Waals surface area contributed by atoms with E-state index in [4.69, 9.17) is 0 Å². The van der Waals surface area contributed by atoms with E-state index in [0.29, 0.717) is 6.54 Å². The molecule has 0 aliphatic carbocycles. The molecule has 0 spiro atoms. The average molecular weight is 443 g/mol. The first-order chi connectivity index (χ1) is 15.8. The lowest BCUT2D eigenvalue weighted by molar-refractivity contribution is 0.540. The van der Waals surface area contributed by atoms with Crippen molar-refractivity contribution in [2.24, 2.45) is 4.99 Å². The molecule has 7 nitrogen and oxygen atoms in total. The van der Waals surface area contributed by atoms with E-state index in [1.807, 2.05) is 6.33 Å². The summed E-state index contributed by atoms with van der Waals surface area (Å²) in [5.41, 5.74) is 1.44. The van der Waals surface area contributed by atoms with Crippen molar-refractivity contribution >= 4 is 18.0 Å². The quantitative estimate of drug-likeness (QED) is 0.286. The molecular formula is C25H42N6O. The Hall–Kier alpha value is -2.31. The fraction of sp³-hybridized carbons (Fsp3) is 0.720. The minimum Gasteiger partial charge on any atom is -0.330 e. The van der Waals surface area contributed by atoms with Gasteiger partial charge in [-0.1, -0.05) is 90.9 Å². The highest BCUT2D eigenvalue weighted by Gasteiger charge is 2.23. The van der Waals surface area contributed by atoms with Gasteiger partial charge in [-0.25, -0.2) is 14.8 Å². The zero-order valence-corrected chi connectivity index (χ0v) is 20.2. The maximum absolute atomic E-state index is 12.7. The van der Waals surface area contributed by atoms with Crippen molar-refractivity contribution in [3.8, 4) is 11.4 Å². The Morgan fingerprint density at radius 2 is 1.41 bits per heavy atom. The molecule has 0 radical (unpaired) electrons. The SMILES string of the molecule is CCCCCCCCCCn1c2c([nH]c1=O)-c1ncn(CCCCCCCC)c1N=CN2. The van der Waals surface area contributed by atoms with Gasteiger partial charge in [0.2, 0.25) is 0 Å². The fourth-order valence-electron chi connectivity index (χ4n) is 4.48. The summed E-state index contributed by atoms with van der Waals surface area (Å²) in [6.07, 6.45) is 21.1. The number of aliphatic imine (C=N–C) groups is 1. The van der Waals surface area contributed by atoms with Gasteiger partial charge in [-0.2, -0.15) is 0 Å². The first kappa shape index (κ1) is 24.3. The molecule has 0 atom stereocenters. The highest BCUT2D eigenvalue weighted by atomic mass is 16.1. The standard InChI is InChI=1S/C25H42N6O/c1-3-5-7-9-11-12-14-16-18-31-24-22(29-25(31)32)21-23(26-19-27-24)30(20-28-21)17-15-13-10-8-6-4-2/h19-20H,3-18H2,1-2H3,(H,26,27)(H,29,32). The number of nitrogens with one attached hydrogen (secondary N) is 2. The summed E-state index contributed by atoms with van der Waals surface area (Å²) in [7, 11) is 0. The fourth-order valence-corrected chi connectivity index (χ4v) is 4.48. The topological polar surface area (TPSA) is 80.0 Å². The second-order valence-corrected chi connectivity index (χ2v) is 9.06. The van der Waals surface area contributed by atoms with Gasteiger partial charge in [-0.3, -0.25) is 4.57 Å². The van der Waals surface area contributed by atoms with E-state index < -0.39 is 0 Å². The Balaban J connectivity index is 1.56. The Bertz CT molecular complexity index is 891. The Morgan fingerprint density at radius 1 is 0.812 bits per heavy atom. The molecule has 1 aliphatic rings. The van der Waals surface area contributed by atoms with E-state index in [1.165, 1.54) is 70.6 Å². The molecule has 0 saturated carbocycles. The normalized spacial score (nSPS) is 12.4. The number of H-pyrrole nitrogens is 1. The number of rotatable bonds is 16. The third kappa shape index (κ3) is 6.59. The van der Waals surface area contributed by atoms with Crippen molar-refractivity contribution in [3.63, 3.8) is 0 Å². The smallest absolute Gasteiger partial charge is 0.327 e. The number of hydrogen-bond acceptors (Lipinski definition) is 4. The Kier molecular flexibility index (Phi) is 10.1. The lowest BCUT2D eigenvalue weighted by Gasteiger charge is -2.07. The van der Waals surface area contributed by atoms with Gasteiger partial charge in [0.15, 0.2) is 5.82 Å². The third-order valence-electron chi connectivity index (χ3n) is 6.41. The lowest BCUT2D eigenvalue weighted by atomic mass is 10.1. The molecule has 0 saturated heterocycles. The van der Waals surface area contributed by atoms with Gasteiger partial charge in [0.05, 0.1) is 12.7 Å². The molecule has 0 aromatic carbocycles. The van der Waals surface area contributed by atoms with Crippen LogP contribution >= 0.6 is 0 Å². The minimum absolute atomic E-state index is 0.0721. The first-order valence-corrected chi connectivity index (χ1v) is 12.9. The summed E-state index contributed by atoms with van der Waals surface area (Å²) < 4.78 is 3.91. The van der Waals surface area contributed by atoms with Crippen LogP contribution in [0.15, 0.2) is 16.1 Å². The van der Waals surface area contributed by atoms with E-state index in [2.05, 4.69) is 38.7 Å². The van der Waals surface area contributed by atoms with Crippen LogP contribution in [0.3, 0.4) is 0 Å². The number of aromatic nitrogens is 4. The number of aromatic amines is 1. The molecule has 3 rings (SSSR count). The molecule has 2 aromatic rings. The van der Waals surface area contributed by atoms with E-state index >= 15 is 0 Å². The van der Waals surface area contributed by atoms with Crippen molar-refractivity contribution in [3.05, 3.63) is 16.8 Å². The van der Waals surface area contributed by atoms with Crippen LogP contribution in [0.1, 0.15) is 104 Å². The van der Waals surface area contributed by atoms with Crippen molar-refractivity contribution in [2.75, 3.05) is 5.32 Å². The maximum atomic E-state index is 12.7. The second kappa shape index (κ2) is 13.3. The molecule has 2 aromatic heterocycles. The molecule has 3 heterocycles. The summed E-state index contributed by atoms with van der Waals surface area (Å²) in [6.45, 7) is 6.12. The maximum Gasteiger partial charge on any atom is 0.327 e. The van der Waals surface area contributed by atoms with E-state index in [0.717, 1.165) is 48.8 Å². The zero-order chi connectivity index (χ0) is 22.6. The van der Waals surface area contributed by atoms with Crippen LogP contribution in [-0.4, -0.2) is 25.4 Å². The van der Waals surface area contributed by atoms with Crippen LogP contribution in [0.5, 0.6) is 0 Å². The van der Waals surface area contributed by atoms with Crippen LogP contribution in [0.2, 0.25) is 0 Å². The van der Waals surface area contributed by atoms with E-state index in [1.54, 1.807) is 10.9 Å². The summed E-state index contributed by atoms with van der Waals surface area (Å²) in [5.74, 6) is 1.61. The monoisotopic (exact) mass is 442 g/mol. The average Bonchev–Trinajstić information content (AvgIpc) is 3.27. The molecule has 1 aliphatic heterocycles. The van der Waals surface area contributed by atoms with Gasteiger partial charge in [0.25, 0.3) is 0 Å². The van der Waals surface area contributed by atoms with E-state index in [-0.39, 0.29) is 5.69 Å². The molecule has 178 valence electrons. The summed E-state index contributed by atoms with van der Waals surface area (Å²) >= 11 is 0. The van der Waals surface area contributed by atoms with Gasteiger partial charge < -0.3 is 14.9 Å². The lowest BCUT2D eigenvalue weighted by Crippen LogP contribution is -2.19. The second-order valence-electron chi connectivity index (χ2n) is 9.06. The van der Waals surface area contributed by atoms with Crippen LogP contribution < -0.4 is 11.0 Å². The van der Waals surface area contributed by atoms with Crippen LogP contribution in [-0.2, 0) is 13.1 Å². The van der Waals surface area contributed by atoms with Crippen LogP contribution in [0.25, 0.3) is 11.4 Å². The van der Waals surface area contributed by atoms with E-state index in [9.17, 15) is 4.79 Å². The highest BCUT2D eigenvalue weighted by molar-refractivity contribution is 5.89. The Labute approximate surface area is 192 Å². The molecule has 7 heteroatoms. The van der Waals surface area contributed by atoms with Gasteiger partial charge in [-0.05, 0) is 12.8 Å². The largest absolute Gasteiger partial charge is 0.330 e. The number of hydrogen-bond donors (Lipinski definition) is 2. The number of imidazole rings is 2. The van der Waals surface area contributed by atoms with Crippen LogP contribution in [0.4, 0.5) is 11.6 Å². The number of anilines is 1. The van der Waals surface area contributed by atoms with Crippen molar-refractivity contribution in [1.29, 1.82) is 0 Å². The summed E-state index contributed by atoms with van der Waals surface area (Å²) in [4.78, 5) is 24.9. The number of aryl methyl sites for hydroxylation is 1. The summed E-state index contributed by atoms with van der Waals surface area (Å²) in [5, 5.41) is 3.23. The minimum atomic E-state index is -0.0721. The van der Waals surface area contributed by atoms with Crippen molar-refractivity contribution in [1.82, 2.24) is 19.1 Å². The van der Waals surface area contributed by atoms with Gasteiger partial charge in [0, 0.05) is 13.1 Å². The predicted octanol–water partition coefficient (Wildman–Crippen LogP) is 6.63. The van der Waals surface area contributed by atoms with Crippen LogP contribution in [0, 0.1) is 0 Å². The molecular weight excluding hydrogens is 400 g/mol. The molecule has 0 fully saturated rings. The van der Waals surface area contributed by atoms with Gasteiger partial charge in [0.1, 0.15) is 17.2 Å². The molecule has 0 bridgehead atoms. The third-order valence-corrected chi connectivity index (χ3v) is 6.41. The number of nitrogens with zero attached hydrogens (tertiary/aromatic N) is 4. The molecule has 32 heavy (non-hydrogen) atoms. The number of fused-ring (bicyclic) bond motifs is 3. The van der Waals surface area contributed by atoms with Gasteiger partial charge >= 0.3 is 5.69 Å². The number of unbranched alkanes of at least 4 members (excludes halogenated alkanes) is 12. The summed E-state index contributed by atoms with van der Waals surface area (Å²) in [6, 6.07) is 0. The molecule has 0 amide bonds. The predicted molar refractivity (Wildman–Crippen MR) is 134 cm³/mol. The van der Waals surface area contributed by atoms with Gasteiger partial charge in [-0.15, -0.1) is 0 Å². The first-order valence-electron chi connectivity index (χ1n) is 12.9. The molecule has 2 N–H and O–H groups in total. The zero-order valence-electron chi connectivity index (χ0n) is 20.2. The van der Waals surface area contributed by atoms with Crippen molar-refractivity contribution < 1.29 is 0 Å². The Morgan fingerprint density at radius 3 is 2.06 bits per heavy atom.